The molecule has 0 radical (unpaired) electrons. The van der Waals surface area contributed by atoms with E-state index in [0.717, 1.165) is 15.9 Å². The molecule has 0 fully saturated rings. The van der Waals surface area contributed by atoms with Crippen molar-refractivity contribution < 1.29 is 5.11 Å². The van der Waals surface area contributed by atoms with Crippen molar-refractivity contribution in [3.8, 4) is 5.75 Å². The summed E-state index contributed by atoms with van der Waals surface area (Å²) in [6, 6.07) is 9.21. The predicted octanol–water partition coefficient (Wildman–Crippen LogP) is 2.47. The van der Waals surface area contributed by atoms with E-state index < -0.39 is 0 Å². The molecule has 2 aromatic rings. The van der Waals surface area contributed by atoms with Crippen LogP contribution in [0.4, 0.5) is 5.69 Å². The lowest BCUT2D eigenvalue weighted by molar-refractivity contribution is 0.462. The first-order valence-corrected chi connectivity index (χ1v) is 6.23. The fourth-order valence-corrected chi connectivity index (χ4v) is 1.86. The molecule has 0 saturated heterocycles. The molecule has 0 aliphatic rings. The second kappa shape index (κ2) is 5.27. The summed E-state index contributed by atoms with van der Waals surface area (Å²) in [6.07, 6.45) is 1.42. The van der Waals surface area contributed by atoms with Gasteiger partial charge in [-0.15, -0.1) is 0 Å². The fourth-order valence-electron chi connectivity index (χ4n) is 1.59. The zero-order valence-corrected chi connectivity index (χ0v) is 11.4. The third kappa shape index (κ3) is 2.92. The summed E-state index contributed by atoms with van der Waals surface area (Å²) >= 11 is 3.37. The predicted molar refractivity (Wildman–Crippen MR) is 74.8 cm³/mol. The number of hydrogen-bond acceptors (Lipinski definition) is 3. The molecule has 18 heavy (non-hydrogen) atoms. The Bertz CT molecular complexity index is 605. The van der Waals surface area contributed by atoms with Crippen molar-refractivity contribution in [2.45, 2.75) is 6.54 Å². The third-order valence-corrected chi connectivity index (χ3v) is 3.17. The summed E-state index contributed by atoms with van der Waals surface area (Å²) in [5, 5.41) is 12.5. The van der Waals surface area contributed by atoms with E-state index in [4.69, 9.17) is 0 Å². The van der Waals surface area contributed by atoms with E-state index in [1.54, 1.807) is 11.6 Å². The van der Waals surface area contributed by atoms with Gasteiger partial charge in [-0.3, -0.25) is 4.79 Å². The highest BCUT2D eigenvalue weighted by Gasteiger charge is 2.02. The maximum absolute atomic E-state index is 11.4. The van der Waals surface area contributed by atoms with Crippen molar-refractivity contribution in [2.24, 2.45) is 7.05 Å². The van der Waals surface area contributed by atoms with Crippen molar-refractivity contribution in [3.63, 3.8) is 0 Å². The summed E-state index contributed by atoms with van der Waals surface area (Å²) in [4.78, 5) is 11.4. The second-order valence-electron chi connectivity index (χ2n) is 3.99. The molecule has 4 nitrogen and oxygen atoms in total. The summed E-state index contributed by atoms with van der Waals surface area (Å²) in [7, 11) is 1.79. The van der Waals surface area contributed by atoms with Crippen LogP contribution in [0.25, 0.3) is 0 Å². The molecule has 94 valence electrons. The van der Waals surface area contributed by atoms with Crippen LogP contribution in [0.3, 0.4) is 0 Å². The van der Waals surface area contributed by atoms with E-state index in [1.165, 1.54) is 12.3 Å². The van der Waals surface area contributed by atoms with Crippen LogP contribution in [0, 0.1) is 0 Å². The Kier molecular flexibility index (Phi) is 3.72. The third-order valence-electron chi connectivity index (χ3n) is 2.64. The maximum Gasteiger partial charge on any atom is 0.223 e. The number of aromatic nitrogens is 1. The first-order valence-electron chi connectivity index (χ1n) is 5.44. The minimum absolute atomic E-state index is 0.232. The number of pyridine rings is 1. The van der Waals surface area contributed by atoms with E-state index in [0.29, 0.717) is 6.54 Å². The van der Waals surface area contributed by atoms with Gasteiger partial charge < -0.3 is 15.0 Å². The van der Waals surface area contributed by atoms with E-state index in [1.807, 2.05) is 24.3 Å². The van der Waals surface area contributed by atoms with Gasteiger partial charge in [0.1, 0.15) is 0 Å². The fraction of sp³-hybridized carbons (Fsp3) is 0.154. The Hall–Kier alpha value is -1.75. The average Bonchev–Trinajstić information content (AvgIpc) is 2.34. The van der Waals surface area contributed by atoms with Crippen LogP contribution in [0.1, 0.15) is 5.69 Å². The van der Waals surface area contributed by atoms with Gasteiger partial charge in [0.25, 0.3) is 0 Å². The summed E-state index contributed by atoms with van der Waals surface area (Å²) in [5.74, 6) is -0.232. The lowest BCUT2D eigenvalue weighted by atomic mass is 10.3. The van der Waals surface area contributed by atoms with Crippen LogP contribution in [0.2, 0.25) is 0 Å². The number of anilines is 1. The highest BCUT2D eigenvalue weighted by atomic mass is 79.9. The quantitative estimate of drug-likeness (QED) is 0.916. The SMILES string of the molecule is Cn1cc(O)c(=O)cc1CNc1ccc(Br)cc1. The minimum atomic E-state index is -0.360. The molecule has 2 N–H and O–H groups in total. The number of benzene rings is 1. The molecular weight excluding hydrogens is 296 g/mol. The second-order valence-corrected chi connectivity index (χ2v) is 4.90. The number of nitrogens with one attached hydrogen (secondary N) is 1. The lowest BCUT2D eigenvalue weighted by Gasteiger charge is -2.11. The van der Waals surface area contributed by atoms with Crippen molar-refractivity contribution in [1.82, 2.24) is 4.57 Å². The number of halogens is 1. The first-order chi connectivity index (χ1) is 8.56. The van der Waals surface area contributed by atoms with E-state index >= 15 is 0 Å². The lowest BCUT2D eigenvalue weighted by Crippen LogP contribution is -2.12. The first kappa shape index (κ1) is 12.7. The van der Waals surface area contributed by atoms with E-state index in [-0.39, 0.29) is 11.2 Å². The van der Waals surface area contributed by atoms with Crippen LogP contribution >= 0.6 is 15.9 Å². The number of rotatable bonds is 3. The van der Waals surface area contributed by atoms with Gasteiger partial charge in [-0.05, 0) is 24.3 Å². The summed E-state index contributed by atoms with van der Waals surface area (Å²) in [6.45, 7) is 0.521. The monoisotopic (exact) mass is 308 g/mol. The molecular formula is C13H13BrN2O2. The molecule has 0 bridgehead atoms. The molecule has 0 unspecified atom stereocenters. The smallest absolute Gasteiger partial charge is 0.223 e. The van der Waals surface area contributed by atoms with Crippen molar-refractivity contribution in [3.05, 3.63) is 56.9 Å². The molecule has 1 aromatic carbocycles. The zero-order valence-electron chi connectivity index (χ0n) is 9.85. The van der Waals surface area contributed by atoms with Gasteiger partial charge in [0, 0.05) is 35.2 Å². The molecule has 2 rings (SSSR count). The van der Waals surface area contributed by atoms with E-state index in [9.17, 15) is 9.90 Å². The maximum atomic E-state index is 11.4. The highest BCUT2D eigenvalue weighted by molar-refractivity contribution is 9.10. The molecule has 0 saturated carbocycles. The van der Waals surface area contributed by atoms with Gasteiger partial charge in [-0.2, -0.15) is 0 Å². The van der Waals surface area contributed by atoms with Crippen LogP contribution in [-0.4, -0.2) is 9.67 Å². The van der Waals surface area contributed by atoms with Gasteiger partial charge in [-0.25, -0.2) is 0 Å². The Morgan fingerprint density at radius 2 is 2.00 bits per heavy atom. The molecule has 0 amide bonds. The Balaban J connectivity index is 2.13. The standard InChI is InChI=1S/C13H13BrN2O2/c1-16-8-13(18)12(17)6-11(16)7-15-10-4-2-9(14)3-5-10/h2-6,8,15,18H,7H2,1H3. The Morgan fingerprint density at radius 1 is 1.33 bits per heavy atom. The molecule has 1 aromatic heterocycles. The van der Waals surface area contributed by atoms with Gasteiger partial charge in [0.2, 0.25) is 5.43 Å². The minimum Gasteiger partial charge on any atom is -0.503 e. The Labute approximate surface area is 113 Å². The van der Waals surface area contributed by atoms with Crippen LogP contribution in [0.15, 0.2) is 45.8 Å². The van der Waals surface area contributed by atoms with Crippen LogP contribution < -0.4 is 10.7 Å². The molecule has 1 heterocycles. The van der Waals surface area contributed by atoms with Crippen molar-refractivity contribution in [2.75, 3.05) is 5.32 Å². The molecule has 0 atom stereocenters. The van der Waals surface area contributed by atoms with Gasteiger partial charge in [0.05, 0.1) is 6.54 Å². The van der Waals surface area contributed by atoms with E-state index in [2.05, 4.69) is 21.2 Å². The normalized spacial score (nSPS) is 10.3. The molecule has 0 spiro atoms. The topological polar surface area (TPSA) is 54.3 Å². The number of aromatic hydroxyl groups is 1. The molecule has 0 aliphatic carbocycles. The number of nitrogens with zero attached hydrogens (tertiary/aromatic N) is 1. The van der Waals surface area contributed by atoms with Crippen LogP contribution in [0.5, 0.6) is 5.75 Å². The van der Waals surface area contributed by atoms with Gasteiger partial charge >= 0.3 is 0 Å². The van der Waals surface area contributed by atoms with Gasteiger partial charge in [-0.1, -0.05) is 15.9 Å². The van der Waals surface area contributed by atoms with Crippen molar-refractivity contribution >= 4 is 21.6 Å². The van der Waals surface area contributed by atoms with Gasteiger partial charge in [0.15, 0.2) is 5.75 Å². The molecule has 0 aliphatic heterocycles. The average molecular weight is 309 g/mol. The summed E-state index contributed by atoms with van der Waals surface area (Å²) < 4.78 is 2.74. The van der Waals surface area contributed by atoms with Crippen molar-refractivity contribution in [1.29, 1.82) is 0 Å². The molecule has 5 heteroatoms. The highest BCUT2D eigenvalue weighted by Crippen LogP contribution is 2.15. The number of aryl methyl sites for hydroxylation is 1. The zero-order chi connectivity index (χ0) is 13.1. The largest absolute Gasteiger partial charge is 0.503 e. The Morgan fingerprint density at radius 3 is 2.67 bits per heavy atom. The van der Waals surface area contributed by atoms with Crippen LogP contribution in [-0.2, 0) is 13.6 Å². The summed E-state index contributed by atoms with van der Waals surface area (Å²) in [5.41, 5.74) is 1.42. The number of hydrogen-bond donors (Lipinski definition) is 2.